The van der Waals surface area contributed by atoms with Gasteiger partial charge in [0.25, 0.3) is 0 Å². The summed E-state index contributed by atoms with van der Waals surface area (Å²) in [6.45, 7) is 7.17. The van der Waals surface area contributed by atoms with Gasteiger partial charge in [-0.15, -0.1) is 5.10 Å². The molecule has 7 heteroatoms. The number of carbonyl (C=O) groups is 1. The first-order valence-electron chi connectivity index (χ1n) is 8.90. The number of piperidine rings is 1. The van der Waals surface area contributed by atoms with Crippen LogP contribution in [0.5, 0.6) is 5.75 Å². The lowest BCUT2D eigenvalue weighted by Crippen LogP contribution is -2.39. The van der Waals surface area contributed by atoms with Crippen LogP contribution >= 0.6 is 0 Å². The van der Waals surface area contributed by atoms with E-state index in [0.29, 0.717) is 5.95 Å². The van der Waals surface area contributed by atoms with Gasteiger partial charge in [0.2, 0.25) is 5.95 Å². The fourth-order valence-corrected chi connectivity index (χ4v) is 2.97. The van der Waals surface area contributed by atoms with Crippen LogP contribution < -0.4 is 9.64 Å². The van der Waals surface area contributed by atoms with Gasteiger partial charge in [-0.2, -0.15) is 4.98 Å². The minimum atomic E-state index is -0.439. The normalized spacial score (nSPS) is 15.8. The summed E-state index contributed by atoms with van der Waals surface area (Å²) in [4.78, 5) is 18.9. The average Bonchev–Trinajstić information content (AvgIpc) is 3.10. The highest BCUT2D eigenvalue weighted by atomic mass is 16.6. The molecule has 2 aromatic rings. The zero-order valence-corrected chi connectivity index (χ0v) is 15.8. The van der Waals surface area contributed by atoms with Gasteiger partial charge in [0.05, 0.1) is 13.0 Å². The van der Waals surface area contributed by atoms with E-state index >= 15 is 0 Å². The number of hydrogen-bond donors (Lipinski definition) is 1. The van der Waals surface area contributed by atoms with E-state index in [4.69, 9.17) is 9.47 Å². The van der Waals surface area contributed by atoms with Gasteiger partial charge >= 0.3 is 5.97 Å². The van der Waals surface area contributed by atoms with Gasteiger partial charge in [-0.3, -0.25) is 9.89 Å². The molecule has 26 heavy (non-hydrogen) atoms. The second-order valence-corrected chi connectivity index (χ2v) is 7.51. The van der Waals surface area contributed by atoms with Crippen molar-refractivity contribution in [3.8, 4) is 17.1 Å². The number of anilines is 1. The number of esters is 1. The van der Waals surface area contributed by atoms with Crippen LogP contribution in [0.3, 0.4) is 0 Å². The lowest BCUT2D eigenvalue weighted by Gasteiger charge is -2.31. The number of hydrogen-bond acceptors (Lipinski definition) is 6. The summed E-state index contributed by atoms with van der Waals surface area (Å²) in [6, 6.07) is 7.67. The van der Waals surface area contributed by atoms with Crippen molar-refractivity contribution >= 4 is 11.9 Å². The summed E-state index contributed by atoms with van der Waals surface area (Å²) >= 11 is 0. The van der Waals surface area contributed by atoms with E-state index in [0.717, 1.165) is 43.1 Å². The molecule has 3 rings (SSSR count). The molecule has 0 saturated carbocycles. The maximum absolute atomic E-state index is 12.2. The Morgan fingerprint density at radius 1 is 1.19 bits per heavy atom. The second-order valence-electron chi connectivity index (χ2n) is 7.51. The summed E-state index contributed by atoms with van der Waals surface area (Å²) < 4.78 is 10.7. The zero-order chi connectivity index (χ0) is 18.7. The Morgan fingerprint density at radius 2 is 1.85 bits per heavy atom. The van der Waals surface area contributed by atoms with Crippen LogP contribution in [-0.4, -0.2) is 47.0 Å². The fraction of sp³-hybridized carbons (Fsp3) is 0.526. The molecule has 1 aromatic carbocycles. The van der Waals surface area contributed by atoms with Crippen molar-refractivity contribution in [2.75, 3.05) is 25.1 Å². The van der Waals surface area contributed by atoms with Gasteiger partial charge in [0.15, 0.2) is 5.82 Å². The molecule has 7 nitrogen and oxygen atoms in total. The van der Waals surface area contributed by atoms with Crippen LogP contribution in [0.15, 0.2) is 24.3 Å². The van der Waals surface area contributed by atoms with Crippen molar-refractivity contribution in [3.63, 3.8) is 0 Å². The molecule has 2 heterocycles. The maximum atomic E-state index is 12.2. The first-order valence-corrected chi connectivity index (χ1v) is 8.90. The lowest BCUT2D eigenvalue weighted by molar-refractivity contribution is -0.160. The number of nitrogens with zero attached hydrogens (tertiary/aromatic N) is 3. The van der Waals surface area contributed by atoms with E-state index in [2.05, 4.69) is 20.1 Å². The van der Waals surface area contributed by atoms with E-state index in [1.54, 1.807) is 7.11 Å². The van der Waals surface area contributed by atoms with Gasteiger partial charge in [-0.25, -0.2) is 0 Å². The van der Waals surface area contributed by atoms with Crippen LogP contribution in [0.4, 0.5) is 5.95 Å². The molecule has 1 N–H and O–H groups in total. The molecule has 0 atom stereocenters. The monoisotopic (exact) mass is 358 g/mol. The SMILES string of the molecule is COc1ccc(-c2nc(N3CCC(C(=O)OC(C)(C)C)CC3)n[nH]2)cc1. The molecule has 140 valence electrons. The van der Waals surface area contributed by atoms with Crippen molar-refractivity contribution in [1.29, 1.82) is 0 Å². The smallest absolute Gasteiger partial charge is 0.309 e. The highest BCUT2D eigenvalue weighted by Crippen LogP contribution is 2.25. The van der Waals surface area contributed by atoms with Crippen LogP contribution in [0.25, 0.3) is 11.4 Å². The molecule has 0 unspecified atom stereocenters. The van der Waals surface area contributed by atoms with Crippen LogP contribution in [0.2, 0.25) is 0 Å². The Kier molecular flexibility index (Phi) is 5.15. The molecule has 1 fully saturated rings. The second kappa shape index (κ2) is 7.35. The third-order valence-electron chi connectivity index (χ3n) is 4.35. The predicted molar refractivity (Wildman–Crippen MR) is 99.2 cm³/mol. The topological polar surface area (TPSA) is 80.3 Å². The quantitative estimate of drug-likeness (QED) is 0.846. The van der Waals surface area contributed by atoms with E-state index in [1.165, 1.54) is 0 Å². The molecular formula is C19H26N4O3. The van der Waals surface area contributed by atoms with E-state index < -0.39 is 5.60 Å². The predicted octanol–water partition coefficient (Wildman–Crippen LogP) is 3.04. The van der Waals surface area contributed by atoms with E-state index in [9.17, 15) is 4.79 Å². The van der Waals surface area contributed by atoms with Gasteiger partial charge in [0.1, 0.15) is 11.4 Å². The summed E-state index contributed by atoms with van der Waals surface area (Å²) in [5, 5.41) is 7.32. The van der Waals surface area contributed by atoms with Crippen molar-refractivity contribution in [2.24, 2.45) is 5.92 Å². The number of aromatic nitrogens is 3. The van der Waals surface area contributed by atoms with Gasteiger partial charge < -0.3 is 14.4 Å². The minimum absolute atomic E-state index is 0.0505. The van der Waals surface area contributed by atoms with Crippen molar-refractivity contribution < 1.29 is 14.3 Å². The van der Waals surface area contributed by atoms with Crippen LogP contribution in [0.1, 0.15) is 33.6 Å². The van der Waals surface area contributed by atoms with Gasteiger partial charge in [-0.1, -0.05) is 0 Å². The Hall–Kier alpha value is -2.57. The summed E-state index contributed by atoms with van der Waals surface area (Å²) in [5.41, 5.74) is 0.513. The molecule has 1 aliphatic heterocycles. The first-order chi connectivity index (χ1) is 12.4. The number of methoxy groups -OCH3 is 1. The number of H-pyrrole nitrogens is 1. The van der Waals surface area contributed by atoms with Crippen LogP contribution in [-0.2, 0) is 9.53 Å². The Balaban J connectivity index is 1.60. The number of nitrogens with one attached hydrogen (secondary N) is 1. The molecule has 1 aliphatic rings. The largest absolute Gasteiger partial charge is 0.497 e. The number of carbonyl (C=O) groups excluding carboxylic acids is 1. The maximum Gasteiger partial charge on any atom is 0.309 e. The fourth-order valence-electron chi connectivity index (χ4n) is 2.97. The first kappa shape index (κ1) is 18.2. The number of ether oxygens (including phenoxy) is 2. The average molecular weight is 358 g/mol. The number of rotatable bonds is 4. The van der Waals surface area contributed by atoms with Gasteiger partial charge in [0, 0.05) is 18.7 Å². The van der Waals surface area contributed by atoms with Crippen molar-refractivity contribution in [2.45, 2.75) is 39.2 Å². The molecule has 1 saturated heterocycles. The molecule has 0 spiro atoms. The summed E-state index contributed by atoms with van der Waals surface area (Å²) in [5.74, 6) is 2.03. The van der Waals surface area contributed by atoms with Crippen molar-refractivity contribution in [3.05, 3.63) is 24.3 Å². The Bertz CT molecular complexity index is 741. The third kappa shape index (κ3) is 4.33. The molecule has 0 aliphatic carbocycles. The molecule has 1 aromatic heterocycles. The zero-order valence-electron chi connectivity index (χ0n) is 15.8. The molecular weight excluding hydrogens is 332 g/mol. The van der Waals surface area contributed by atoms with Crippen molar-refractivity contribution in [1.82, 2.24) is 15.2 Å². The lowest BCUT2D eigenvalue weighted by atomic mass is 9.97. The Morgan fingerprint density at radius 3 is 2.42 bits per heavy atom. The number of benzene rings is 1. The highest BCUT2D eigenvalue weighted by Gasteiger charge is 2.30. The third-order valence-corrected chi connectivity index (χ3v) is 4.35. The Labute approximate surface area is 153 Å². The molecule has 0 bridgehead atoms. The minimum Gasteiger partial charge on any atom is -0.497 e. The molecule has 0 amide bonds. The number of aromatic amines is 1. The van der Waals surface area contributed by atoms with E-state index in [-0.39, 0.29) is 11.9 Å². The van der Waals surface area contributed by atoms with E-state index in [1.807, 2.05) is 45.0 Å². The summed E-state index contributed by atoms with van der Waals surface area (Å²) in [6.07, 6.45) is 1.50. The van der Waals surface area contributed by atoms with Crippen LogP contribution in [0, 0.1) is 5.92 Å². The highest BCUT2D eigenvalue weighted by molar-refractivity contribution is 5.73. The summed E-state index contributed by atoms with van der Waals surface area (Å²) in [7, 11) is 1.64. The van der Waals surface area contributed by atoms with Gasteiger partial charge in [-0.05, 0) is 57.9 Å². The molecule has 0 radical (unpaired) electrons. The standard InChI is InChI=1S/C19H26N4O3/c1-19(2,3)26-17(24)14-9-11-23(12-10-14)18-20-16(21-22-18)13-5-7-15(25-4)8-6-13/h5-8,14H,9-12H2,1-4H3,(H,20,21,22).